The molecule has 1 heterocycles. The Labute approximate surface area is 109 Å². The largest absolute Gasteiger partial charge is 0.507 e. The van der Waals surface area contributed by atoms with Gasteiger partial charge in [0.05, 0.1) is 10.9 Å². The van der Waals surface area contributed by atoms with E-state index in [0.29, 0.717) is 22.3 Å². The minimum atomic E-state index is -0.167. The lowest BCUT2D eigenvalue weighted by molar-refractivity contribution is 0.477. The van der Waals surface area contributed by atoms with Crippen LogP contribution in [0, 0.1) is 6.92 Å². The first-order valence-corrected chi connectivity index (χ1v) is 5.94. The quantitative estimate of drug-likeness (QED) is 0.699. The zero-order chi connectivity index (χ0) is 13.4. The minimum Gasteiger partial charge on any atom is -0.507 e. The van der Waals surface area contributed by atoms with Crippen LogP contribution in [-0.4, -0.2) is 15.1 Å². The predicted molar refractivity (Wildman–Crippen MR) is 74.2 cm³/mol. The van der Waals surface area contributed by atoms with Crippen LogP contribution in [0.2, 0.25) is 0 Å². The highest BCUT2D eigenvalue weighted by atomic mass is 16.3. The van der Waals surface area contributed by atoms with E-state index >= 15 is 0 Å². The number of nitrogens with one attached hydrogen (secondary N) is 1. The third-order valence-electron chi connectivity index (χ3n) is 3.04. The average molecular weight is 252 g/mol. The van der Waals surface area contributed by atoms with Gasteiger partial charge < -0.3 is 10.1 Å². The van der Waals surface area contributed by atoms with Crippen LogP contribution >= 0.6 is 0 Å². The molecule has 4 nitrogen and oxygen atoms in total. The van der Waals surface area contributed by atoms with Crippen LogP contribution in [0.15, 0.2) is 47.3 Å². The summed E-state index contributed by atoms with van der Waals surface area (Å²) in [5.41, 5.74) is 1.98. The molecule has 0 aliphatic heterocycles. The van der Waals surface area contributed by atoms with E-state index in [1.807, 2.05) is 18.2 Å². The second-order valence-electron chi connectivity index (χ2n) is 4.40. The van der Waals surface area contributed by atoms with Crippen molar-refractivity contribution in [2.75, 3.05) is 0 Å². The summed E-state index contributed by atoms with van der Waals surface area (Å²) >= 11 is 0. The van der Waals surface area contributed by atoms with Gasteiger partial charge in [-0.1, -0.05) is 24.3 Å². The van der Waals surface area contributed by atoms with Gasteiger partial charge in [0.25, 0.3) is 5.56 Å². The minimum absolute atomic E-state index is 0.167. The molecule has 0 unspecified atom stereocenters. The Bertz CT molecular complexity index is 822. The van der Waals surface area contributed by atoms with Gasteiger partial charge in [-0.2, -0.15) is 0 Å². The third-order valence-corrected chi connectivity index (χ3v) is 3.04. The number of H-pyrrole nitrogens is 1. The van der Waals surface area contributed by atoms with Crippen LogP contribution in [0.4, 0.5) is 0 Å². The number of hydrogen-bond donors (Lipinski definition) is 2. The van der Waals surface area contributed by atoms with Crippen LogP contribution in [0.25, 0.3) is 22.0 Å². The van der Waals surface area contributed by atoms with E-state index in [9.17, 15) is 9.90 Å². The lowest BCUT2D eigenvalue weighted by Crippen LogP contribution is -2.09. The molecule has 0 spiro atoms. The smallest absolute Gasteiger partial charge is 0.258 e. The van der Waals surface area contributed by atoms with Gasteiger partial charge >= 0.3 is 0 Å². The Balaban J connectivity index is 2.28. The van der Waals surface area contributed by atoms with Gasteiger partial charge in [-0.15, -0.1) is 0 Å². The van der Waals surface area contributed by atoms with Crippen LogP contribution in [0.5, 0.6) is 5.75 Å². The van der Waals surface area contributed by atoms with Gasteiger partial charge in [-0.05, 0) is 30.7 Å². The first kappa shape index (κ1) is 11.5. The standard InChI is InChI=1S/C15H12N2O2/c1-9-16-13-7-6-10(8-12(13)15(19)17-9)11-4-2-3-5-14(11)18/h2-8,18H,1H3,(H,16,17,19). The Morgan fingerprint density at radius 1 is 1.16 bits per heavy atom. The number of phenols is 1. The van der Waals surface area contributed by atoms with E-state index < -0.39 is 0 Å². The molecule has 4 heteroatoms. The molecule has 0 saturated heterocycles. The molecule has 0 fully saturated rings. The maximum Gasteiger partial charge on any atom is 0.258 e. The Kier molecular flexibility index (Phi) is 2.56. The fraction of sp³-hybridized carbons (Fsp3) is 0.0667. The summed E-state index contributed by atoms with van der Waals surface area (Å²) in [6.07, 6.45) is 0. The maximum atomic E-state index is 11.9. The fourth-order valence-corrected chi connectivity index (χ4v) is 2.14. The predicted octanol–water partition coefficient (Wildman–Crippen LogP) is 2.60. The summed E-state index contributed by atoms with van der Waals surface area (Å²) in [6, 6.07) is 12.4. The Hall–Kier alpha value is -2.62. The number of aromatic amines is 1. The molecule has 3 rings (SSSR count). The number of fused-ring (bicyclic) bond motifs is 1. The van der Waals surface area contributed by atoms with Crippen LogP contribution in [0.1, 0.15) is 5.82 Å². The first-order chi connectivity index (χ1) is 9.15. The monoisotopic (exact) mass is 252 g/mol. The van der Waals surface area contributed by atoms with Crippen molar-refractivity contribution in [3.8, 4) is 16.9 Å². The van der Waals surface area contributed by atoms with E-state index in [0.717, 1.165) is 5.56 Å². The molecule has 3 aromatic rings. The number of aromatic hydroxyl groups is 1. The zero-order valence-electron chi connectivity index (χ0n) is 10.3. The molecule has 0 amide bonds. The number of aryl methyl sites for hydroxylation is 1. The van der Waals surface area contributed by atoms with E-state index in [1.54, 1.807) is 31.2 Å². The van der Waals surface area contributed by atoms with Crippen molar-refractivity contribution in [1.82, 2.24) is 9.97 Å². The second-order valence-corrected chi connectivity index (χ2v) is 4.40. The van der Waals surface area contributed by atoms with E-state index in [2.05, 4.69) is 9.97 Å². The number of benzene rings is 2. The summed E-state index contributed by atoms with van der Waals surface area (Å²) in [4.78, 5) is 18.9. The molecule has 19 heavy (non-hydrogen) atoms. The number of rotatable bonds is 1. The van der Waals surface area contributed by atoms with Gasteiger partial charge in [0, 0.05) is 5.56 Å². The number of aromatic nitrogens is 2. The molecular weight excluding hydrogens is 240 g/mol. The Morgan fingerprint density at radius 3 is 2.74 bits per heavy atom. The van der Waals surface area contributed by atoms with Gasteiger partial charge in [0.2, 0.25) is 0 Å². The summed E-state index contributed by atoms with van der Waals surface area (Å²) < 4.78 is 0. The molecule has 0 radical (unpaired) electrons. The molecule has 0 bridgehead atoms. The SMILES string of the molecule is Cc1nc2ccc(-c3ccccc3O)cc2c(=O)[nH]1. The normalized spacial score (nSPS) is 10.8. The van der Waals surface area contributed by atoms with Crippen molar-refractivity contribution in [2.24, 2.45) is 0 Å². The van der Waals surface area contributed by atoms with Gasteiger partial charge in [-0.25, -0.2) is 4.98 Å². The van der Waals surface area contributed by atoms with Crippen molar-refractivity contribution < 1.29 is 5.11 Å². The van der Waals surface area contributed by atoms with Gasteiger partial charge in [-0.3, -0.25) is 4.79 Å². The molecular formula is C15H12N2O2. The number of para-hydroxylation sites is 1. The van der Waals surface area contributed by atoms with Crippen molar-refractivity contribution in [1.29, 1.82) is 0 Å². The highest BCUT2D eigenvalue weighted by Crippen LogP contribution is 2.29. The summed E-state index contributed by atoms with van der Waals surface area (Å²) in [6.45, 7) is 1.75. The summed E-state index contributed by atoms with van der Waals surface area (Å²) in [7, 11) is 0. The molecule has 0 aliphatic rings. The number of phenolic OH excluding ortho intramolecular Hbond substituents is 1. The second kappa shape index (κ2) is 4.24. The summed E-state index contributed by atoms with van der Waals surface area (Å²) in [5.74, 6) is 0.783. The lowest BCUT2D eigenvalue weighted by Gasteiger charge is -2.06. The fourth-order valence-electron chi connectivity index (χ4n) is 2.14. The van der Waals surface area contributed by atoms with E-state index in [4.69, 9.17) is 0 Å². The van der Waals surface area contributed by atoms with Crippen LogP contribution in [-0.2, 0) is 0 Å². The molecule has 0 aliphatic carbocycles. The first-order valence-electron chi connectivity index (χ1n) is 5.94. The molecule has 1 aromatic heterocycles. The highest BCUT2D eigenvalue weighted by molar-refractivity contribution is 5.85. The Morgan fingerprint density at radius 2 is 1.95 bits per heavy atom. The summed E-state index contributed by atoms with van der Waals surface area (Å²) in [5, 5.41) is 10.4. The third kappa shape index (κ3) is 1.97. The van der Waals surface area contributed by atoms with Crippen molar-refractivity contribution in [2.45, 2.75) is 6.92 Å². The highest BCUT2D eigenvalue weighted by Gasteiger charge is 2.07. The van der Waals surface area contributed by atoms with Crippen molar-refractivity contribution in [3.05, 3.63) is 58.6 Å². The van der Waals surface area contributed by atoms with Crippen LogP contribution in [0.3, 0.4) is 0 Å². The van der Waals surface area contributed by atoms with E-state index in [-0.39, 0.29) is 11.3 Å². The topological polar surface area (TPSA) is 66.0 Å². The molecule has 2 N–H and O–H groups in total. The van der Waals surface area contributed by atoms with E-state index in [1.165, 1.54) is 0 Å². The van der Waals surface area contributed by atoms with Crippen molar-refractivity contribution >= 4 is 10.9 Å². The maximum absolute atomic E-state index is 11.9. The molecule has 2 aromatic carbocycles. The van der Waals surface area contributed by atoms with Gasteiger partial charge in [0.15, 0.2) is 0 Å². The number of hydrogen-bond acceptors (Lipinski definition) is 3. The molecule has 0 atom stereocenters. The average Bonchev–Trinajstić information content (AvgIpc) is 2.39. The van der Waals surface area contributed by atoms with Crippen LogP contribution < -0.4 is 5.56 Å². The zero-order valence-corrected chi connectivity index (χ0v) is 10.3. The molecule has 94 valence electrons. The van der Waals surface area contributed by atoms with Gasteiger partial charge in [0.1, 0.15) is 11.6 Å². The van der Waals surface area contributed by atoms with Crippen molar-refractivity contribution in [3.63, 3.8) is 0 Å². The number of nitrogens with zero attached hydrogens (tertiary/aromatic N) is 1. The lowest BCUT2D eigenvalue weighted by atomic mass is 10.0. The molecule has 0 saturated carbocycles.